The monoisotopic (exact) mass is 217 g/mol. The molecule has 0 bridgehead atoms. The van der Waals surface area contributed by atoms with Gasteiger partial charge in [0.2, 0.25) is 0 Å². The van der Waals surface area contributed by atoms with E-state index in [9.17, 15) is 0 Å². The lowest BCUT2D eigenvalue weighted by molar-refractivity contribution is 0.467. The maximum absolute atomic E-state index is 5.78. The van der Waals surface area contributed by atoms with Gasteiger partial charge in [-0.25, -0.2) is 0 Å². The maximum atomic E-state index is 5.78. The van der Waals surface area contributed by atoms with Crippen molar-refractivity contribution in [2.24, 2.45) is 11.3 Å². The van der Waals surface area contributed by atoms with Crippen LogP contribution in [0.25, 0.3) is 0 Å². The second-order valence-corrected chi connectivity index (χ2v) is 5.33. The van der Waals surface area contributed by atoms with Gasteiger partial charge in [-0.05, 0) is 55.2 Å². The van der Waals surface area contributed by atoms with Crippen molar-refractivity contribution < 1.29 is 0 Å². The van der Waals surface area contributed by atoms with E-state index in [0.29, 0.717) is 16.8 Å². The molecule has 3 rings (SSSR count). The third-order valence-electron chi connectivity index (χ3n) is 4.07. The van der Waals surface area contributed by atoms with E-state index in [-0.39, 0.29) is 0 Å². The van der Waals surface area contributed by atoms with Crippen LogP contribution in [0.2, 0.25) is 0 Å². The lowest BCUT2D eigenvalue weighted by Gasteiger charge is -2.16. The zero-order valence-electron chi connectivity index (χ0n) is 9.50. The van der Waals surface area contributed by atoms with Crippen LogP contribution in [0.5, 0.6) is 0 Å². The van der Waals surface area contributed by atoms with E-state index in [1.165, 1.54) is 25.7 Å². The first kappa shape index (κ1) is 9.82. The summed E-state index contributed by atoms with van der Waals surface area (Å²) in [6, 6.07) is 5.81. The molecular formula is C13H19N3. The molecule has 0 aliphatic heterocycles. The van der Waals surface area contributed by atoms with Crippen LogP contribution in [0.3, 0.4) is 0 Å². The normalized spacial score (nSPS) is 21.8. The average molecular weight is 217 g/mol. The van der Waals surface area contributed by atoms with Crippen LogP contribution in [0.4, 0.5) is 17.1 Å². The van der Waals surface area contributed by atoms with Gasteiger partial charge in [0.15, 0.2) is 0 Å². The van der Waals surface area contributed by atoms with Gasteiger partial charge in [0.05, 0.1) is 11.4 Å². The number of hydrogen-bond acceptors (Lipinski definition) is 3. The predicted octanol–water partition coefficient (Wildman–Crippen LogP) is 2.45. The van der Waals surface area contributed by atoms with Crippen LogP contribution < -0.4 is 16.8 Å². The van der Waals surface area contributed by atoms with E-state index in [0.717, 1.165) is 18.2 Å². The van der Waals surface area contributed by atoms with Gasteiger partial charge in [-0.3, -0.25) is 0 Å². The zero-order valence-corrected chi connectivity index (χ0v) is 9.50. The smallest absolute Gasteiger partial charge is 0.0568 e. The Bertz CT molecular complexity index is 406. The molecule has 1 aromatic carbocycles. The Kier molecular flexibility index (Phi) is 2.03. The first-order valence-electron chi connectivity index (χ1n) is 6.08. The van der Waals surface area contributed by atoms with Crippen LogP contribution >= 0.6 is 0 Å². The third kappa shape index (κ3) is 1.70. The third-order valence-corrected chi connectivity index (χ3v) is 4.07. The number of nitrogens with two attached hydrogens (primary N) is 2. The number of hydrogen-bond donors (Lipinski definition) is 3. The Labute approximate surface area is 96.2 Å². The number of rotatable bonds is 4. The molecule has 0 unspecified atom stereocenters. The summed E-state index contributed by atoms with van der Waals surface area (Å²) < 4.78 is 0. The van der Waals surface area contributed by atoms with E-state index in [4.69, 9.17) is 11.5 Å². The molecule has 3 nitrogen and oxygen atoms in total. The fraction of sp³-hybridized carbons (Fsp3) is 0.538. The van der Waals surface area contributed by atoms with Gasteiger partial charge < -0.3 is 16.8 Å². The Balaban J connectivity index is 1.63. The first-order chi connectivity index (χ1) is 7.70. The fourth-order valence-corrected chi connectivity index (χ4v) is 2.55. The van der Waals surface area contributed by atoms with Crippen LogP contribution in [0.15, 0.2) is 18.2 Å². The van der Waals surface area contributed by atoms with Gasteiger partial charge in [-0.15, -0.1) is 0 Å². The van der Waals surface area contributed by atoms with Crippen molar-refractivity contribution in [2.75, 3.05) is 23.3 Å². The van der Waals surface area contributed by atoms with Crippen LogP contribution in [0.1, 0.15) is 25.7 Å². The highest BCUT2D eigenvalue weighted by molar-refractivity contribution is 5.69. The summed E-state index contributed by atoms with van der Waals surface area (Å²) in [5.74, 6) is 0.992. The average Bonchev–Trinajstić information content (AvgIpc) is 3.13. The van der Waals surface area contributed by atoms with Gasteiger partial charge in [-0.2, -0.15) is 0 Å². The summed E-state index contributed by atoms with van der Waals surface area (Å²) in [4.78, 5) is 0. The summed E-state index contributed by atoms with van der Waals surface area (Å²) in [5.41, 5.74) is 14.5. The van der Waals surface area contributed by atoms with Crippen LogP contribution in [0, 0.1) is 11.3 Å². The molecule has 2 saturated carbocycles. The molecule has 0 amide bonds. The molecule has 0 saturated heterocycles. The maximum Gasteiger partial charge on any atom is 0.0568 e. The second-order valence-electron chi connectivity index (χ2n) is 5.33. The van der Waals surface area contributed by atoms with Crippen molar-refractivity contribution >= 4 is 17.1 Å². The number of nitrogens with one attached hydrogen (secondary N) is 1. The molecule has 3 heteroatoms. The SMILES string of the molecule is Nc1ccc(NCC2(C3CC3)CC2)cc1N. The molecule has 2 aliphatic rings. The number of anilines is 3. The standard InChI is InChI=1S/C13H19N3/c14-11-4-3-10(7-12(11)15)16-8-13(5-6-13)9-1-2-9/h3-4,7,9,16H,1-2,5-6,8,14-15H2. The van der Waals surface area contributed by atoms with Gasteiger partial charge in [0, 0.05) is 12.2 Å². The Hall–Kier alpha value is -1.38. The quantitative estimate of drug-likeness (QED) is 0.679. The topological polar surface area (TPSA) is 64.1 Å². The zero-order chi connectivity index (χ0) is 11.2. The lowest BCUT2D eigenvalue weighted by atomic mass is 10.0. The van der Waals surface area contributed by atoms with Gasteiger partial charge in [0.1, 0.15) is 0 Å². The highest BCUT2D eigenvalue weighted by Gasteiger charge is 2.53. The largest absolute Gasteiger partial charge is 0.397 e. The molecular weight excluding hydrogens is 198 g/mol. The molecule has 5 N–H and O–H groups in total. The molecule has 0 radical (unpaired) electrons. The van der Waals surface area contributed by atoms with Crippen LogP contribution in [-0.4, -0.2) is 6.54 Å². The summed E-state index contributed by atoms with van der Waals surface area (Å²) in [6.07, 6.45) is 5.67. The molecule has 0 spiro atoms. The van der Waals surface area contributed by atoms with E-state index in [2.05, 4.69) is 5.32 Å². The fourth-order valence-electron chi connectivity index (χ4n) is 2.55. The first-order valence-corrected chi connectivity index (χ1v) is 6.08. The molecule has 0 heterocycles. The van der Waals surface area contributed by atoms with Crippen molar-refractivity contribution in [1.82, 2.24) is 0 Å². The second kappa shape index (κ2) is 3.30. The minimum absolute atomic E-state index is 0.621. The summed E-state index contributed by atoms with van der Waals surface area (Å²) >= 11 is 0. The summed E-state index contributed by atoms with van der Waals surface area (Å²) in [6.45, 7) is 1.10. The Morgan fingerprint density at radius 3 is 2.50 bits per heavy atom. The predicted molar refractivity (Wildman–Crippen MR) is 68.1 cm³/mol. The highest BCUT2D eigenvalue weighted by atomic mass is 14.9. The minimum atomic E-state index is 0.621. The number of benzene rings is 1. The molecule has 1 aromatic rings. The van der Waals surface area contributed by atoms with Gasteiger partial charge >= 0.3 is 0 Å². The summed E-state index contributed by atoms with van der Waals surface area (Å²) in [7, 11) is 0. The van der Waals surface area contributed by atoms with E-state index >= 15 is 0 Å². The van der Waals surface area contributed by atoms with E-state index in [1.807, 2.05) is 18.2 Å². The van der Waals surface area contributed by atoms with E-state index < -0.39 is 0 Å². The van der Waals surface area contributed by atoms with Gasteiger partial charge in [-0.1, -0.05) is 0 Å². The molecule has 16 heavy (non-hydrogen) atoms. The molecule has 2 fully saturated rings. The summed E-state index contributed by atoms with van der Waals surface area (Å²) in [5, 5.41) is 3.50. The Morgan fingerprint density at radius 1 is 1.19 bits per heavy atom. The van der Waals surface area contributed by atoms with Crippen LogP contribution in [-0.2, 0) is 0 Å². The molecule has 2 aliphatic carbocycles. The van der Waals surface area contributed by atoms with Crippen molar-refractivity contribution in [1.29, 1.82) is 0 Å². The Morgan fingerprint density at radius 2 is 1.94 bits per heavy atom. The van der Waals surface area contributed by atoms with Crippen molar-refractivity contribution in [2.45, 2.75) is 25.7 Å². The van der Waals surface area contributed by atoms with Crippen molar-refractivity contribution in [3.8, 4) is 0 Å². The molecule has 0 atom stereocenters. The molecule has 86 valence electrons. The van der Waals surface area contributed by atoms with Crippen molar-refractivity contribution in [3.63, 3.8) is 0 Å². The number of nitrogen functional groups attached to an aromatic ring is 2. The van der Waals surface area contributed by atoms with Gasteiger partial charge in [0.25, 0.3) is 0 Å². The van der Waals surface area contributed by atoms with E-state index in [1.54, 1.807) is 0 Å². The lowest BCUT2D eigenvalue weighted by Crippen LogP contribution is -2.17. The van der Waals surface area contributed by atoms with Crippen molar-refractivity contribution in [3.05, 3.63) is 18.2 Å². The highest BCUT2D eigenvalue weighted by Crippen LogP contribution is 2.61. The molecule has 0 aromatic heterocycles. The minimum Gasteiger partial charge on any atom is -0.397 e.